The van der Waals surface area contributed by atoms with Crippen molar-refractivity contribution in [3.05, 3.63) is 30.3 Å². The zero-order valence-electron chi connectivity index (χ0n) is 17.0. The maximum atomic E-state index is 11.6. The molecule has 1 amide bonds. The number of nitrogens with zero attached hydrogens (tertiary/aromatic N) is 2. The average Bonchev–Trinajstić information content (AvgIpc) is 2.67. The van der Waals surface area contributed by atoms with Gasteiger partial charge >= 0.3 is 0 Å². The van der Waals surface area contributed by atoms with Crippen molar-refractivity contribution < 1.29 is 4.79 Å². The normalized spacial score (nSPS) is 10.7. The third-order valence-electron chi connectivity index (χ3n) is 3.92. The Bertz CT molecular complexity index is 524. The molecule has 0 radical (unpaired) electrons. The van der Waals surface area contributed by atoms with E-state index in [1.165, 1.54) is 5.69 Å². The summed E-state index contributed by atoms with van der Waals surface area (Å²) in [7, 11) is 0. The Balaban J connectivity index is 0.00000676. The molecule has 0 aliphatic rings. The fourth-order valence-electron chi connectivity index (χ4n) is 2.55. The molecule has 1 aromatic carbocycles. The first-order valence-electron chi connectivity index (χ1n) is 9.80. The molecule has 27 heavy (non-hydrogen) atoms. The van der Waals surface area contributed by atoms with Crippen molar-refractivity contribution in [1.82, 2.24) is 16.0 Å². The Morgan fingerprint density at radius 2 is 1.78 bits per heavy atom. The van der Waals surface area contributed by atoms with Gasteiger partial charge in [0.1, 0.15) is 0 Å². The van der Waals surface area contributed by atoms with E-state index in [9.17, 15) is 4.79 Å². The Morgan fingerprint density at radius 1 is 1.04 bits per heavy atom. The SMILES string of the molecule is CCCNC(=O)CCNC(=NCCCN(CC)c1ccccc1)NCC.I. The number of carbonyl (C=O) groups excluding carboxylic acids is 1. The first-order valence-corrected chi connectivity index (χ1v) is 9.80. The van der Waals surface area contributed by atoms with Gasteiger partial charge in [-0.3, -0.25) is 9.79 Å². The molecule has 0 unspecified atom stereocenters. The van der Waals surface area contributed by atoms with Crippen LogP contribution in [0.25, 0.3) is 0 Å². The molecule has 0 saturated carbocycles. The monoisotopic (exact) mass is 489 g/mol. The molecule has 0 fully saturated rings. The number of aliphatic imine (C=N–C) groups is 1. The van der Waals surface area contributed by atoms with E-state index in [1.54, 1.807) is 0 Å². The minimum absolute atomic E-state index is 0. The van der Waals surface area contributed by atoms with Crippen molar-refractivity contribution in [2.24, 2.45) is 4.99 Å². The van der Waals surface area contributed by atoms with Crippen LogP contribution in [0, 0.1) is 0 Å². The zero-order chi connectivity index (χ0) is 19.0. The fraction of sp³-hybridized carbons (Fsp3) is 0.600. The molecule has 154 valence electrons. The van der Waals surface area contributed by atoms with Gasteiger partial charge in [0.2, 0.25) is 5.91 Å². The number of hydrogen-bond donors (Lipinski definition) is 3. The highest BCUT2D eigenvalue weighted by Gasteiger charge is 2.04. The molecule has 0 heterocycles. The number of amides is 1. The minimum atomic E-state index is 0. The molecule has 0 aliphatic heterocycles. The lowest BCUT2D eigenvalue weighted by Crippen LogP contribution is -2.39. The summed E-state index contributed by atoms with van der Waals surface area (Å²) in [6.45, 7) is 11.1. The number of halogens is 1. The van der Waals surface area contributed by atoms with Crippen LogP contribution < -0.4 is 20.9 Å². The second-order valence-corrected chi connectivity index (χ2v) is 6.06. The Labute approximate surface area is 181 Å². The third-order valence-corrected chi connectivity index (χ3v) is 3.92. The van der Waals surface area contributed by atoms with Gasteiger partial charge in [-0.1, -0.05) is 25.1 Å². The number of rotatable bonds is 12. The van der Waals surface area contributed by atoms with Crippen molar-refractivity contribution in [3.8, 4) is 0 Å². The second kappa shape index (κ2) is 16.6. The van der Waals surface area contributed by atoms with Crippen molar-refractivity contribution in [2.45, 2.75) is 40.0 Å². The van der Waals surface area contributed by atoms with Crippen LogP contribution in [-0.2, 0) is 4.79 Å². The number of para-hydroxylation sites is 1. The molecule has 0 atom stereocenters. The van der Waals surface area contributed by atoms with Crippen LogP contribution >= 0.6 is 24.0 Å². The minimum Gasteiger partial charge on any atom is -0.372 e. The molecule has 0 spiro atoms. The van der Waals surface area contributed by atoms with Crippen molar-refractivity contribution >= 4 is 41.5 Å². The molecule has 1 aromatic rings. The summed E-state index contributed by atoms with van der Waals surface area (Å²) in [5.41, 5.74) is 1.25. The first-order chi connectivity index (χ1) is 12.7. The lowest BCUT2D eigenvalue weighted by molar-refractivity contribution is -0.120. The van der Waals surface area contributed by atoms with E-state index in [4.69, 9.17) is 0 Å². The van der Waals surface area contributed by atoms with Gasteiger partial charge in [-0.15, -0.1) is 24.0 Å². The molecular weight excluding hydrogens is 453 g/mol. The van der Waals surface area contributed by atoms with Gasteiger partial charge in [-0.05, 0) is 38.8 Å². The van der Waals surface area contributed by atoms with Gasteiger partial charge in [0.05, 0.1) is 0 Å². The summed E-state index contributed by atoms with van der Waals surface area (Å²) in [6.07, 6.45) is 2.40. The molecule has 0 aromatic heterocycles. The number of carbonyl (C=O) groups is 1. The van der Waals surface area contributed by atoms with Crippen molar-refractivity contribution in [3.63, 3.8) is 0 Å². The van der Waals surface area contributed by atoms with Gasteiger partial charge < -0.3 is 20.9 Å². The lowest BCUT2D eigenvalue weighted by atomic mass is 10.2. The van der Waals surface area contributed by atoms with Gasteiger partial charge in [-0.25, -0.2) is 0 Å². The first kappa shape index (κ1) is 25.5. The predicted molar refractivity (Wildman–Crippen MR) is 126 cm³/mol. The Hall–Kier alpha value is -1.51. The maximum absolute atomic E-state index is 11.6. The van der Waals surface area contributed by atoms with Gasteiger partial charge in [0.25, 0.3) is 0 Å². The number of nitrogens with one attached hydrogen (secondary N) is 3. The number of hydrogen-bond acceptors (Lipinski definition) is 3. The van der Waals surface area contributed by atoms with Gasteiger partial charge in [0.15, 0.2) is 5.96 Å². The van der Waals surface area contributed by atoms with Crippen LogP contribution in [0.3, 0.4) is 0 Å². The molecular formula is C20H36IN5O. The molecule has 1 rings (SSSR count). The van der Waals surface area contributed by atoms with E-state index in [-0.39, 0.29) is 29.9 Å². The van der Waals surface area contributed by atoms with Crippen LogP contribution in [0.15, 0.2) is 35.3 Å². The van der Waals surface area contributed by atoms with Crippen LogP contribution in [0.5, 0.6) is 0 Å². The van der Waals surface area contributed by atoms with E-state index in [0.29, 0.717) is 13.0 Å². The molecule has 3 N–H and O–H groups in total. The van der Waals surface area contributed by atoms with Gasteiger partial charge in [-0.2, -0.15) is 0 Å². The summed E-state index contributed by atoms with van der Waals surface area (Å²) in [5.74, 6) is 0.857. The largest absolute Gasteiger partial charge is 0.372 e. The highest BCUT2D eigenvalue weighted by atomic mass is 127. The van der Waals surface area contributed by atoms with Crippen molar-refractivity contribution in [2.75, 3.05) is 44.2 Å². The summed E-state index contributed by atoms with van der Waals surface area (Å²) < 4.78 is 0. The van der Waals surface area contributed by atoms with Crippen LogP contribution in [-0.4, -0.2) is 51.1 Å². The maximum Gasteiger partial charge on any atom is 0.221 e. The highest BCUT2D eigenvalue weighted by molar-refractivity contribution is 14.0. The Morgan fingerprint density at radius 3 is 2.41 bits per heavy atom. The fourth-order valence-corrected chi connectivity index (χ4v) is 2.55. The standard InChI is InChI=1S/C20H35N5O.HI/c1-4-14-22-19(26)13-16-24-20(21-5-2)23-15-10-17-25(6-3)18-11-8-7-9-12-18;/h7-9,11-12H,4-6,10,13-17H2,1-3H3,(H,22,26)(H2,21,23,24);1H. The van der Waals surface area contributed by atoms with E-state index in [1.807, 2.05) is 19.9 Å². The second-order valence-electron chi connectivity index (χ2n) is 6.06. The number of anilines is 1. The molecule has 0 saturated heterocycles. The van der Waals surface area contributed by atoms with Crippen LogP contribution in [0.2, 0.25) is 0 Å². The van der Waals surface area contributed by atoms with Gasteiger partial charge in [0, 0.05) is 51.4 Å². The van der Waals surface area contributed by atoms with E-state index < -0.39 is 0 Å². The molecule has 0 aliphatic carbocycles. The van der Waals surface area contributed by atoms with Crippen LogP contribution in [0.4, 0.5) is 5.69 Å². The molecule has 0 bridgehead atoms. The topological polar surface area (TPSA) is 68.8 Å². The summed E-state index contributed by atoms with van der Waals surface area (Å²) in [6, 6.07) is 10.5. The smallest absolute Gasteiger partial charge is 0.221 e. The lowest BCUT2D eigenvalue weighted by Gasteiger charge is -2.22. The summed E-state index contributed by atoms with van der Waals surface area (Å²) in [5, 5.41) is 9.33. The predicted octanol–water partition coefficient (Wildman–Crippen LogP) is 2.99. The average molecular weight is 489 g/mol. The van der Waals surface area contributed by atoms with E-state index >= 15 is 0 Å². The Kier molecular flexibility index (Phi) is 15.7. The highest BCUT2D eigenvalue weighted by Crippen LogP contribution is 2.12. The molecule has 7 heteroatoms. The zero-order valence-corrected chi connectivity index (χ0v) is 19.3. The van der Waals surface area contributed by atoms with E-state index in [0.717, 1.165) is 51.5 Å². The molecule has 6 nitrogen and oxygen atoms in total. The van der Waals surface area contributed by atoms with E-state index in [2.05, 4.69) is 57.0 Å². The number of guanidine groups is 1. The number of benzene rings is 1. The summed E-state index contributed by atoms with van der Waals surface area (Å²) >= 11 is 0. The third kappa shape index (κ3) is 11.7. The summed E-state index contributed by atoms with van der Waals surface area (Å²) in [4.78, 5) is 18.6. The quantitative estimate of drug-likeness (QED) is 0.183. The van der Waals surface area contributed by atoms with Crippen molar-refractivity contribution in [1.29, 1.82) is 0 Å². The van der Waals surface area contributed by atoms with Crippen LogP contribution in [0.1, 0.15) is 40.0 Å².